The van der Waals surface area contributed by atoms with Gasteiger partial charge in [0, 0.05) is 0 Å². The molecule has 0 spiro atoms. The van der Waals surface area contributed by atoms with E-state index in [-0.39, 0.29) is 0 Å². The van der Waals surface area contributed by atoms with Crippen molar-refractivity contribution in [1.82, 2.24) is 4.90 Å². The molecule has 2 N–H and O–H groups in total. The molecule has 3 atom stereocenters. The number of hydrogen-bond acceptors (Lipinski definition) is 3. The van der Waals surface area contributed by atoms with Crippen molar-refractivity contribution in [1.29, 1.82) is 0 Å². The summed E-state index contributed by atoms with van der Waals surface area (Å²) in [6.07, 6.45) is 2.36. The zero-order valence-electron chi connectivity index (χ0n) is 8.97. The van der Waals surface area contributed by atoms with E-state index in [1.54, 1.807) is 20.8 Å². The molecule has 1 amide bonds. The highest BCUT2D eigenvalue weighted by molar-refractivity contribution is 5.67. The zero-order chi connectivity index (χ0) is 11.8. The lowest BCUT2D eigenvalue weighted by molar-refractivity contribution is -0.0624. The minimum Gasteiger partial charge on any atom is -0.465 e. The molecule has 15 heavy (non-hydrogen) atoms. The number of hydrogen-bond donors (Lipinski definition) is 2. The fraction of sp³-hybridized carbons (Fsp3) is 0.700. The number of aliphatic hydroxyl groups is 1. The lowest BCUT2D eigenvalue weighted by Gasteiger charge is -2.31. The van der Waals surface area contributed by atoms with Gasteiger partial charge in [0.25, 0.3) is 0 Å². The van der Waals surface area contributed by atoms with Gasteiger partial charge < -0.3 is 14.9 Å². The van der Waals surface area contributed by atoms with Crippen molar-refractivity contribution in [3.8, 4) is 12.3 Å². The summed E-state index contributed by atoms with van der Waals surface area (Å²) in [4.78, 5) is 12.1. The van der Waals surface area contributed by atoms with Crippen LogP contribution in [0.3, 0.4) is 0 Å². The van der Waals surface area contributed by atoms with Crippen molar-refractivity contribution in [2.75, 3.05) is 0 Å². The van der Waals surface area contributed by atoms with E-state index in [1.807, 2.05) is 0 Å². The lowest BCUT2D eigenvalue weighted by Crippen LogP contribution is -2.51. The highest BCUT2D eigenvalue weighted by atomic mass is 16.6. The average Bonchev–Trinajstić information content (AvgIpc) is 2.33. The predicted molar refractivity (Wildman–Crippen MR) is 53.1 cm³/mol. The van der Waals surface area contributed by atoms with E-state index in [0.717, 1.165) is 4.90 Å². The summed E-state index contributed by atoms with van der Waals surface area (Å²) in [5.74, 6) is 2.13. The van der Waals surface area contributed by atoms with Gasteiger partial charge in [-0.15, -0.1) is 6.42 Å². The van der Waals surface area contributed by atoms with Crippen LogP contribution in [0.25, 0.3) is 0 Å². The van der Waals surface area contributed by atoms with E-state index >= 15 is 0 Å². The minimum atomic E-state index is -1.15. The fourth-order valence-electron chi connectivity index (χ4n) is 2.00. The summed E-state index contributed by atoms with van der Waals surface area (Å²) in [5.41, 5.74) is -0.965. The second-order valence-electron chi connectivity index (χ2n) is 4.02. The number of rotatable bonds is 1. The SMILES string of the molecule is C#C[C@@H](O)[C@@H]1[C@@H](C)OC(C)(C)N1C(=O)O. The van der Waals surface area contributed by atoms with E-state index in [1.165, 1.54) is 0 Å². The average molecular weight is 213 g/mol. The standard InChI is InChI=1S/C10H15NO4/c1-5-7(12)8-6(2)15-10(3,4)11(8)9(13)14/h1,6-8,12H,2-4H3,(H,13,14)/t6-,7-,8+/m1/s1. The first kappa shape index (κ1) is 11.8. The topological polar surface area (TPSA) is 70.0 Å². The Labute approximate surface area is 88.6 Å². The van der Waals surface area contributed by atoms with Gasteiger partial charge in [0.15, 0.2) is 0 Å². The number of carboxylic acid groups (broad SMARTS) is 1. The van der Waals surface area contributed by atoms with Crippen LogP contribution >= 0.6 is 0 Å². The number of aliphatic hydroxyl groups excluding tert-OH is 1. The molecular weight excluding hydrogens is 198 g/mol. The molecule has 1 fully saturated rings. The van der Waals surface area contributed by atoms with Crippen molar-refractivity contribution in [3.05, 3.63) is 0 Å². The molecule has 0 saturated carbocycles. The Hall–Kier alpha value is -1.25. The maximum atomic E-state index is 11.1. The van der Waals surface area contributed by atoms with Crippen LogP contribution in [0.1, 0.15) is 20.8 Å². The predicted octanol–water partition coefficient (Wildman–Crippen LogP) is 0.484. The Balaban J connectivity index is 3.04. The highest BCUT2D eigenvalue weighted by Gasteiger charge is 2.50. The van der Waals surface area contributed by atoms with Crippen LogP contribution in [-0.4, -0.2) is 45.2 Å². The molecule has 84 valence electrons. The summed E-state index contributed by atoms with van der Waals surface area (Å²) in [7, 11) is 0. The molecule has 1 saturated heterocycles. The zero-order valence-corrected chi connectivity index (χ0v) is 8.97. The maximum Gasteiger partial charge on any atom is 0.410 e. The van der Waals surface area contributed by atoms with Gasteiger partial charge in [-0.25, -0.2) is 4.79 Å². The maximum absolute atomic E-state index is 11.1. The molecule has 5 nitrogen and oxygen atoms in total. The number of nitrogens with zero attached hydrogens (tertiary/aromatic N) is 1. The molecule has 1 aliphatic heterocycles. The molecule has 5 heteroatoms. The van der Waals surface area contributed by atoms with Crippen molar-refractivity contribution in [3.63, 3.8) is 0 Å². The first-order chi connectivity index (χ1) is 6.81. The Morgan fingerprint density at radius 1 is 1.67 bits per heavy atom. The molecule has 0 aromatic heterocycles. The molecule has 0 aromatic rings. The first-order valence-corrected chi connectivity index (χ1v) is 4.65. The molecule has 1 rings (SSSR count). The number of terminal acetylenes is 1. The van der Waals surface area contributed by atoms with Crippen LogP contribution in [-0.2, 0) is 4.74 Å². The number of amides is 1. The Morgan fingerprint density at radius 3 is 2.60 bits per heavy atom. The van der Waals surface area contributed by atoms with Crippen LogP contribution in [0, 0.1) is 12.3 Å². The quantitative estimate of drug-likeness (QED) is 0.622. The number of carbonyl (C=O) groups is 1. The van der Waals surface area contributed by atoms with Gasteiger partial charge in [-0.05, 0) is 20.8 Å². The smallest absolute Gasteiger partial charge is 0.410 e. The van der Waals surface area contributed by atoms with Crippen LogP contribution in [0.5, 0.6) is 0 Å². The van der Waals surface area contributed by atoms with E-state index in [0.29, 0.717) is 0 Å². The first-order valence-electron chi connectivity index (χ1n) is 4.65. The summed E-state index contributed by atoms with van der Waals surface area (Å²) in [6, 6.07) is -0.720. The van der Waals surface area contributed by atoms with Crippen molar-refractivity contribution in [2.24, 2.45) is 0 Å². The molecule has 0 bridgehead atoms. The Morgan fingerprint density at radius 2 is 2.20 bits per heavy atom. The van der Waals surface area contributed by atoms with Gasteiger partial charge in [0.2, 0.25) is 0 Å². The molecule has 1 heterocycles. The van der Waals surface area contributed by atoms with Crippen LogP contribution in [0.15, 0.2) is 0 Å². The summed E-state index contributed by atoms with van der Waals surface area (Å²) < 4.78 is 5.45. The Bertz CT molecular complexity index is 307. The van der Waals surface area contributed by atoms with Crippen molar-refractivity contribution in [2.45, 2.75) is 44.7 Å². The van der Waals surface area contributed by atoms with E-state index < -0.39 is 30.1 Å². The third kappa shape index (κ3) is 1.91. The third-order valence-corrected chi connectivity index (χ3v) is 2.53. The number of ether oxygens (including phenoxy) is 1. The van der Waals surface area contributed by atoms with Gasteiger partial charge >= 0.3 is 6.09 Å². The highest BCUT2D eigenvalue weighted by Crippen LogP contribution is 2.33. The second-order valence-corrected chi connectivity index (χ2v) is 4.02. The summed E-state index contributed by atoms with van der Waals surface area (Å²) >= 11 is 0. The molecule has 0 unspecified atom stereocenters. The molecule has 0 radical (unpaired) electrons. The molecule has 0 aromatic carbocycles. The third-order valence-electron chi connectivity index (χ3n) is 2.53. The van der Waals surface area contributed by atoms with Gasteiger partial charge in [-0.2, -0.15) is 0 Å². The molecule has 0 aliphatic carbocycles. The van der Waals surface area contributed by atoms with Gasteiger partial charge in [0.1, 0.15) is 17.9 Å². The van der Waals surface area contributed by atoms with Crippen molar-refractivity contribution < 1.29 is 19.7 Å². The van der Waals surface area contributed by atoms with Crippen LogP contribution in [0.2, 0.25) is 0 Å². The lowest BCUT2D eigenvalue weighted by atomic mass is 10.1. The van der Waals surface area contributed by atoms with E-state index in [4.69, 9.17) is 16.3 Å². The monoisotopic (exact) mass is 213 g/mol. The van der Waals surface area contributed by atoms with E-state index in [9.17, 15) is 9.90 Å². The molecular formula is C10H15NO4. The Kier molecular flexibility index (Phi) is 2.93. The van der Waals surface area contributed by atoms with Crippen LogP contribution < -0.4 is 0 Å². The largest absolute Gasteiger partial charge is 0.465 e. The normalized spacial score (nSPS) is 31.0. The summed E-state index contributed by atoms with van der Waals surface area (Å²) in [6.45, 7) is 4.94. The summed E-state index contributed by atoms with van der Waals surface area (Å²) in [5, 5.41) is 18.6. The molecule has 1 aliphatic rings. The van der Waals surface area contributed by atoms with Gasteiger partial charge in [-0.1, -0.05) is 5.92 Å². The van der Waals surface area contributed by atoms with Crippen LogP contribution in [0.4, 0.5) is 4.79 Å². The van der Waals surface area contributed by atoms with E-state index in [2.05, 4.69) is 5.92 Å². The van der Waals surface area contributed by atoms with Gasteiger partial charge in [-0.3, -0.25) is 4.90 Å². The fourth-order valence-corrected chi connectivity index (χ4v) is 2.00. The van der Waals surface area contributed by atoms with Gasteiger partial charge in [0.05, 0.1) is 6.10 Å². The van der Waals surface area contributed by atoms with Crippen molar-refractivity contribution >= 4 is 6.09 Å². The second kappa shape index (κ2) is 3.72. The minimum absolute atomic E-state index is 0.429.